The topological polar surface area (TPSA) is 59.1 Å². The third kappa shape index (κ3) is 6.65. The summed E-state index contributed by atoms with van der Waals surface area (Å²) in [7, 11) is 2.62. The van der Waals surface area contributed by atoms with Crippen molar-refractivity contribution in [1.29, 1.82) is 0 Å². The maximum absolute atomic E-state index is 13.2. The molecule has 0 bridgehead atoms. The standard InChI is InChI=1S/C26H26F4N2O4/c1-35-21-7-3-17(15-19(21)25(27)28)5-9-23(33)31-11-13-32(14-12-31)24(34)10-6-18-4-8-22(36-2)20(16-18)26(29)30/h3-10,15-16,25-26H,11-14H2,1-2H3. The first kappa shape index (κ1) is 26.8. The number of piperazine rings is 1. The van der Waals surface area contributed by atoms with Gasteiger partial charge in [-0.3, -0.25) is 9.59 Å². The number of ether oxygens (including phenoxy) is 2. The maximum Gasteiger partial charge on any atom is 0.267 e. The second kappa shape index (κ2) is 12.2. The van der Waals surface area contributed by atoms with E-state index < -0.39 is 12.9 Å². The van der Waals surface area contributed by atoms with Gasteiger partial charge in [0.25, 0.3) is 12.9 Å². The minimum Gasteiger partial charge on any atom is -0.496 e. The van der Waals surface area contributed by atoms with Crippen LogP contribution < -0.4 is 9.47 Å². The molecule has 1 aliphatic heterocycles. The van der Waals surface area contributed by atoms with Gasteiger partial charge in [-0.15, -0.1) is 0 Å². The lowest BCUT2D eigenvalue weighted by Gasteiger charge is -2.33. The summed E-state index contributed by atoms with van der Waals surface area (Å²) in [6, 6.07) is 8.52. The summed E-state index contributed by atoms with van der Waals surface area (Å²) in [5.74, 6) is -0.454. The lowest BCUT2D eigenvalue weighted by Crippen LogP contribution is -2.49. The minimum absolute atomic E-state index is 0.0739. The van der Waals surface area contributed by atoms with E-state index in [1.165, 1.54) is 62.8 Å². The van der Waals surface area contributed by atoms with Crippen molar-refractivity contribution in [3.05, 3.63) is 70.8 Å². The Hall–Kier alpha value is -3.82. The van der Waals surface area contributed by atoms with Gasteiger partial charge in [-0.05, 0) is 47.5 Å². The van der Waals surface area contributed by atoms with E-state index in [0.717, 1.165) is 0 Å². The summed E-state index contributed by atoms with van der Waals surface area (Å²) < 4.78 is 62.5. The van der Waals surface area contributed by atoms with Crippen molar-refractivity contribution in [2.45, 2.75) is 12.9 Å². The number of alkyl halides is 4. The van der Waals surface area contributed by atoms with Crippen LogP contribution in [-0.2, 0) is 9.59 Å². The molecule has 0 aromatic heterocycles. The third-order valence-electron chi connectivity index (χ3n) is 5.72. The van der Waals surface area contributed by atoms with E-state index in [0.29, 0.717) is 37.3 Å². The Kier molecular flexibility index (Phi) is 9.10. The van der Waals surface area contributed by atoms with Crippen LogP contribution >= 0.6 is 0 Å². The molecule has 0 N–H and O–H groups in total. The molecule has 2 aromatic carbocycles. The molecular formula is C26H26F4N2O4. The third-order valence-corrected chi connectivity index (χ3v) is 5.72. The smallest absolute Gasteiger partial charge is 0.267 e. The molecule has 36 heavy (non-hydrogen) atoms. The molecule has 0 spiro atoms. The number of hydrogen-bond acceptors (Lipinski definition) is 4. The quantitative estimate of drug-likeness (QED) is 0.375. The Morgan fingerprint density at radius 3 is 1.39 bits per heavy atom. The van der Waals surface area contributed by atoms with Gasteiger partial charge < -0.3 is 19.3 Å². The van der Waals surface area contributed by atoms with Gasteiger partial charge in [0.1, 0.15) is 11.5 Å². The van der Waals surface area contributed by atoms with Gasteiger partial charge in [0.15, 0.2) is 0 Å². The molecule has 0 aliphatic carbocycles. The number of carbonyl (C=O) groups excluding carboxylic acids is 2. The number of rotatable bonds is 8. The SMILES string of the molecule is COc1ccc(C=CC(=O)N2CCN(C(=O)C=Cc3ccc(OC)c(C(F)F)c3)CC2)cc1C(F)F. The van der Waals surface area contributed by atoms with Gasteiger partial charge in [-0.25, -0.2) is 17.6 Å². The summed E-state index contributed by atoms with van der Waals surface area (Å²) in [6.07, 6.45) is 0.101. The van der Waals surface area contributed by atoms with Gasteiger partial charge in [-0.1, -0.05) is 12.1 Å². The Morgan fingerprint density at radius 1 is 0.722 bits per heavy atom. The molecule has 192 valence electrons. The fraction of sp³-hybridized carbons (Fsp3) is 0.308. The highest BCUT2D eigenvalue weighted by molar-refractivity contribution is 5.93. The van der Waals surface area contributed by atoms with Gasteiger partial charge in [-0.2, -0.15) is 0 Å². The van der Waals surface area contributed by atoms with Crippen molar-refractivity contribution in [3.63, 3.8) is 0 Å². The predicted octanol–water partition coefficient (Wildman–Crippen LogP) is 4.98. The summed E-state index contributed by atoms with van der Waals surface area (Å²) in [6.45, 7) is 1.19. The molecule has 1 saturated heterocycles. The first-order valence-electron chi connectivity index (χ1n) is 11.1. The van der Waals surface area contributed by atoms with Crippen molar-refractivity contribution < 1.29 is 36.6 Å². The molecular weight excluding hydrogens is 480 g/mol. The number of hydrogen-bond donors (Lipinski definition) is 0. The summed E-state index contributed by atoms with van der Waals surface area (Å²) >= 11 is 0. The zero-order chi connectivity index (χ0) is 26.2. The van der Waals surface area contributed by atoms with Crippen LogP contribution in [-0.4, -0.2) is 62.0 Å². The van der Waals surface area contributed by atoms with E-state index >= 15 is 0 Å². The normalized spacial score (nSPS) is 14.3. The first-order valence-corrected chi connectivity index (χ1v) is 11.1. The predicted molar refractivity (Wildman–Crippen MR) is 127 cm³/mol. The average molecular weight is 506 g/mol. The number of nitrogens with zero attached hydrogens (tertiary/aromatic N) is 2. The molecule has 0 radical (unpaired) electrons. The Morgan fingerprint density at radius 2 is 1.08 bits per heavy atom. The second-order valence-corrected chi connectivity index (χ2v) is 7.92. The Balaban J connectivity index is 1.56. The Labute approximate surface area is 206 Å². The summed E-state index contributed by atoms with van der Waals surface area (Å²) in [5, 5.41) is 0. The number of carbonyl (C=O) groups is 2. The highest BCUT2D eigenvalue weighted by atomic mass is 19.3. The van der Waals surface area contributed by atoms with Crippen LogP contribution in [0, 0.1) is 0 Å². The van der Waals surface area contributed by atoms with Crippen molar-refractivity contribution in [1.82, 2.24) is 9.80 Å². The van der Waals surface area contributed by atoms with Gasteiger partial charge in [0, 0.05) is 38.3 Å². The van der Waals surface area contributed by atoms with Crippen LogP contribution in [0.5, 0.6) is 11.5 Å². The monoisotopic (exact) mass is 506 g/mol. The van der Waals surface area contributed by atoms with E-state index in [-0.39, 0.29) is 34.4 Å². The Bertz CT molecular complexity index is 1050. The molecule has 2 amide bonds. The molecule has 10 heteroatoms. The number of benzene rings is 2. The van der Waals surface area contributed by atoms with Crippen molar-refractivity contribution in [3.8, 4) is 11.5 Å². The fourth-order valence-electron chi connectivity index (χ4n) is 3.75. The molecule has 0 unspecified atom stereocenters. The first-order chi connectivity index (χ1) is 17.2. The van der Waals surface area contributed by atoms with Crippen molar-refractivity contribution >= 4 is 24.0 Å². The van der Waals surface area contributed by atoms with E-state index in [1.807, 2.05) is 0 Å². The molecule has 1 heterocycles. The number of methoxy groups -OCH3 is 2. The van der Waals surface area contributed by atoms with Gasteiger partial charge in [0.05, 0.1) is 25.3 Å². The van der Waals surface area contributed by atoms with E-state index in [9.17, 15) is 27.2 Å². The van der Waals surface area contributed by atoms with Crippen LogP contribution in [0.3, 0.4) is 0 Å². The minimum atomic E-state index is -2.71. The lowest BCUT2D eigenvalue weighted by molar-refractivity contribution is -0.133. The van der Waals surface area contributed by atoms with Crippen molar-refractivity contribution in [2.75, 3.05) is 40.4 Å². The summed E-state index contributed by atoms with van der Waals surface area (Å²) in [4.78, 5) is 28.1. The van der Waals surface area contributed by atoms with Crippen LogP contribution in [0.2, 0.25) is 0 Å². The highest BCUT2D eigenvalue weighted by Crippen LogP contribution is 2.31. The van der Waals surface area contributed by atoms with E-state index in [4.69, 9.17) is 9.47 Å². The highest BCUT2D eigenvalue weighted by Gasteiger charge is 2.22. The molecule has 1 aliphatic rings. The molecule has 0 atom stereocenters. The van der Waals surface area contributed by atoms with E-state index in [1.54, 1.807) is 21.9 Å². The molecule has 2 aromatic rings. The van der Waals surface area contributed by atoms with Crippen molar-refractivity contribution in [2.24, 2.45) is 0 Å². The average Bonchev–Trinajstić information content (AvgIpc) is 2.89. The largest absolute Gasteiger partial charge is 0.496 e. The molecule has 0 saturated carbocycles. The van der Waals surface area contributed by atoms with Crippen LogP contribution in [0.4, 0.5) is 17.6 Å². The maximum atomic E-state index is 13.2. The molecule has 6 nitrogen and oxygen atoms in total. The fourth-order valence-corrected chi connectivity index (χ4v) is 3.75. The van der Waals surface area contributed by atoms with Crippen LogP contribution in [0.15, 0.2) is 48.6 Å². The van der Waals surface area contributed by atoms with Gasteiger partial charge in [0.2, 0.25) is 11.8 Å². The number of halogens is 4. The zero-order valence-corrected chi connectivity index (χ0v) is 19.8. The second-order valence-electron chi connectivity index (χ2n) is 7.92. The lowest BCUT2D eigenvalue weighted by atomic mass is 10.1. The summed E-state index contributed by atoms with van der Waals surface area (Å²) in [5.41, 5.74) is 0.360. The van der Waals surface area contributed by atoms with E-state index in [2.05, 4.69) is 0 Å². The number of amides is 2. The zero-order valence-electron chi connectivity index (χ0n) is 19.8. The molecule has 1 fully saturated rings. The van der Waals surface area contributed by atoms with Gasteiger partial charge >= 0.3 is 0 Å². The molecule has 3 rings (SSSR count). The van der Waals surface area contributed by atoms with Crippen LogP contribution in [0.1, 0.15) is 35.1 Å². The van der Waals surface area contributed by atoms with Crippen LogP contribution in [0.25, 0.3) is 12.2 Å².